The fourth-order valence-electron chi connectivity index (χ4n) is 4.76. The van der Waals surface area contributed by atoms with E-state index in [4.69, 9.17) is 0 Å². The second-order valence-corrected chi connectivity index (χ2v) is 7.56. The molecule has 3 saturated carbocycles. The number of rotatable bonds is 3. The summed E-state index contributed by atoms with van der Waals surface area (Å²) in [6.45, 7) is 1.88. The smallest absolute Gasteiger partial charge is 0.239 e. The van der Waals surface area contributed by atoms with E-state index in [-0.39, 0.29) is 24.2 Å². The zero-order chi connectivity index (χ0) is 16.7. The van der Waals surface area contributed by atoms with Gasteiger partial charge in [0, 0.05) is 11.8 Å². The maximum absolute atomic E-state index is 15.0. The van der Waals surface area contributed by atoms with Crippen LogP contribution in [0.1, 0.15) is 55.6 Å². The third-order valence-corrected chi connectivity index (χ3v) is 6.59. The van der Waals surface area contributed by atoms with Crippen LogP contribution in [0.25, 0.3) is 0 Å². The zero-order valence-corrected chi connectivity index (χ0v) is 13.3. The standard InChI is InChI=1S/C18H18F3N3/c1-10-12-8-17(10,9-12)18(20,21)16-22-15-13(19)7-14(24(15)23-16)11-5-3-2-4-6-11/h2-6,10,12-14H,7-9H2,1H3. The lowest BCUT2D eigenvalue weighted by molar-refractivity contribution is -0.317. The maximum atomic E-state index is 15.0. The average molecular weight is 333 g/mol. The Kier molecular flexibility index (Phi) is 2.66. The highest BCUT2D eigenvalue weighted by molar-refractivity contribution is 5.26. The number of benzene rings is 1. The molecule has 126 valence electrons. The Hall–Kier alpha value is -1.85. The molecule has 3 fully saturated rings. The average Bonchev–Trinajstić information content (AvgIpc) is 3.08. The summed E-state index contributed by atoms with van der Waals surface area (Å²) in [5.41, 5.74) is -0.133. The van der Waals surface area contributed by atoms with Crippen molar-refractivity contribution in [2.24, 2.45) is 17.3 Å². The van der Waals surface area contributed by atoms with Gasteiger partial charge in [0.15, 0.2) is 12.0 Å². The minimum Gasteiger partial charge on any atom is -0.239 e. The molecular formula is C18H18F3N3. The van der Waals surface area contributed by atoms with Gasteiger partial charge in [0.2, 0.25) is 5.82 Å². The highest BCUT2D eigenvalue weighted by Gasteiger charge is 2.76. The molecule has 3 unspecified atom stereocenters. The Morgan fingerprint density at radius 2 is 1.92 bits per heavy atom. The Morgan fingerprint density at radius 3 is 2.50 bits per heavy atom. The van der Waals surface area contributed by atoms with Crippen LogP contribution in [0.3, 0.4) is 0 Å². The van der Waals surface area contributed by atoms with Crippen LogP contribution in [-0.4, -0.2) is 14.8 Å². The molecule has 1 aromatic carbocycles. The highest BCUT2D eigenvalue weighted by atomic mass is 19.3. The van der Waals surface area contributed by atoms with E-state index in [1.807, 2.05) is 37.3 Å². The summed E-state index contributed by atoms with van der Waals surface area (Å²) in [5.74, 6) is -3.13. The quantitative estimate of drug-likeness (QED) is 0.832. The van der Waals surface area contributed by atoms with Crippen molar-refractivity contribution in [2.45, 2.75) is 44.3 Å². The second-order valence-electron chi connectivity index (χ2n) is 7.56. The summed E-state index contributed by atoms with van der Waals surface area (Å²) in [7, 11) is 0. The van der Waals surface area contributed by atoms with Gasteiger partial charge in [0.05, 0.1) is 6.04 Å². The number of hydrogen-bond acceptors (Lipinski definition) is 2. The van der Waals surface area contributed by atoms with Gasteiger partial charge < -0.3 is 0 Å². The first-order valence-corrected chi connectivity index (χ1v) is 8.48. The Morgan fingerprint density at radius 1 is 1.21 bits per heavy atom. The van der Waals surface area contributed by atoms with E-state index in [0.29, 0.717) is 18.8 Å². The molecule has 3 aliphatic carbocycles. The van der Waals surface area contributed by atoms with Crippen molar-refractivity contribution >= 4 is 0 Å². The summed E-state index contributed by atoms with van der Waals surface area (Å²) in [5, 5.41) is 4.09. The molecule has 2 aromatic rings. The predicted molar refractivity (Wildman–Crippen MR) is 81.3 cm³/mol. The first-order valence-electron chi connectivity index (χ1n) is 8.48. The van der Waals surface area contributed by atoms with Crippen LogP contribution in [0.4, 0.5) is 13.2 Å². The van der Waals surface area contributed by atoms with Gasteiger partial charge in [-0.05, 0) is 30.2 Å². The molecule has 6 heteroatoms. The van der Waals surface area contributed by atoms with E-state index in [1.54, 1.807) is 0 Å². The summed E-state index contributed by atoms with van der Waals surface area (Å²) in [4.78, 5) is 3.95. The molecule has 24 heavy (non-hydrogen) atoms. The molecule has 0 saturated heterocycles. The third-order valence-electron chi connectivity index (χ3n) is 6.59. The SMILES string of the molecule is CC1C2CC1(C(F)(F)c1nc3n(n1)C(c1ccccc1)CC3F)C2. The van der Waals surface area contributed by atoms with E-state index in [2.05, 4.69) is 10.1 Å². The first-order chi connectivity index (χ1) is 11.4. The molecule has 1 aromatic heterocycles. The zero-order valence-electron chi connectivity index (χ0n) is 13.3. The lowest BCUT2D eigenvalue weighted by Crippen LogP contribution is -2.67. The lowest BCUT2D eigenvalue weighted by atomic mass is 9.36. The Bertz CT molecular complexity index is 795. The molecule has 0 amide bonds. The largest absolute Gasteiger partial charge is 0.314 e. The highest BCUT2D eigenvalue weighted by Crippen LogP contribution is 2.76. The molecular weight excluding hydrogens is 315 g/mol. The molecule has 0 radical (unpaired) electrons. The van der Waals surface area contributed by atoms with Crippen molar-refractivity contribution in [3.05, 3.63) is 47.5 Å². The van der Waals surface area contributed by atoms with E-state index in [9.17, 15) is 4.39 Å². The molecule has 3 nitrogen and oxygen atoms in total. The van der Waals surface area contributed by atoms with E-state index < -0.39 is 23.3 Å². The number of nitrogens with zero attached hydrogens (tertiary/aromatic N) is 3. The van der Waals surface area contributed by atoms with Crippen LogP contribution >= 0.6 is 0 Å². The molecule has 4 aliphatic rings. The van der Waals surface area contributed by atoms with Crippen LogP contribution in [0, 0.1) is 17.3 Å². The van der Waals surface area contributed by atoms with Crippen molar-refractivity contribution in [1.29, 1.82) is 0 Å². The van der Waals surface area contributed by atoms with Gasteiger partial charge in [-0.2, -0.15) is 8.78 Å². The summed E-state index contributed by atoms with van der Waals surface area (Å²) < 4.78 is 45.8. The van der Waals surface area contributed by atoms with Gasteiger partial charge in [-0.1, -0.05) is 37.3 Å². The van der Waals surface area contributed by atoms with Gasteiger partial charge in [0.25, 0.3) is 0 Å². The lowest BCUT2D eigenvalue weighted by Gasteiger charge is -2.69. The van der Waals surface area contributed by atoms with Gasteiger partial charge in [-0.3, -0.25) is 0 Å². The molecule has 0 N–H and O–H groups in total. The molecule has 2 heterocycles. The first kappa shape index (κ1) is 14.5. The topological polar surface area (TPSA) is 30.7 Å². The van der Waals surface area contributed by atoms with E-state index >= 15 is 8.78 Å². The fraction of sp³-hybridized carbons (Fsp3) is 0.556. The molecule has 6 rings (SSSR count). The van der Waals surface area contributed by atoms with Gasteiger partial charge in [0.1, 0.15) is 0 Å². The van der Waals surface area contributed by atoms with E-state index in [0.717, 1.165) is 5.56 Å². The van der Waals surface area contributed by atoms with Crippen LogP contribution in [0.5, 0.6) is 0 Å². The van der Waals surface area contributed by atoms with Crippen molar-refractivity contribution < 1.29 is 13.2 Å². The fourth-order valence-corrected chi connectivity index (χ4v) is 4.76. The number of halogens is 3. The monoisotopic (exact) mass is 333 g/mol. The van der Waals surface area contributed by atoms with Crippen LogP contribution < -0.4 is 0 Å². The third kappa shape index (κ3) is 1.55. The second kappa shape index (κ2) is 4.41. The van der Waals surface area contributed by atoms with Crippen molar-refractivity contribution in [2.75, 3.05) is 0 Å². The number of aromatic nitrogens is 3. The Labute approximate surface area is 137 Å². The number of alkyl halides is 3. The van der Waals surface area contributed by atoms with Gasteiger partial charge >= 0.3 is 5.92 Å². The number of fused-ring (bicyclic) bond motifs is 1. The molecule has 3 atom stereocenters. The minimum atomic E-state index is -3.08. The summed E-state index contributed by atoms with van der Waals surface area (Å²) in [6.07, 6.45) is -0.0783. The van der Waals surface area contributed by atoms with Crippen molar-refractivity contribution in [3.8, 4) is 0 Å². The number of hydrogen-bond donors (Lipinski definition) is 0. The minimum absolute atomic E-state index is 0.00284. The van der Waals surface area contributed by atoms with Crippen LogP contribution in [0.15, 0.2) is 30.3 Å². The maximum Gasteiger partial charge on any atom is 0.314 e. The predicted octanol–water partition coefficient (Wildman–Crippen LogP) is 4.42. The summed E-state index contributed by atoms with van der Waals surface area (Å²) >= 11 is 0. The van der Waals surface area contributed by atoms with Crippen LogP contribution in [-0.2, 0) is 5.92 Å². The Balaban J connectivity index is 1.54. The van der Waals surface area contributed by atoms with Crippen molar-refractivity contribution in [1.82, 2.24) is 14.8 Å². The van der Waals surface area contributed by atoms with Crippen LogP contribution in [0.2, 0.25) is 0 Å². The normalized spacial score (nSPS) is 36.8. The van der Waals surface area contributed by atoms with Gasteiger partial charge in [-0.25, -0.2) is 14.1 Å². The molecule has 1 aliphatic heterocycles. The molecule has 0 spiro atoms. The van der Waals surface area contributed by atoms with Crippen molar-refractivity contribution in [3.63, 3.8) is 0 Å². The van der Waals surface area contributed by atoms with Gasteiger partial charge in [-0.15, -0.1) is 5.10 Å². The summed E-state index contributed by atoms with van der Waals surface area (Å²) in [6, 6.07) is 8.97. The molecule has 2 bridgehead atoms. The van der Waals surface area contributed by atoms with E-state index in [1.165, 1.54) is 4.68 Å².